The standard InChI is InChI=1S/C27H27N7OS/c1-14-15(2)30-27-25(29-14)24(17-4-7-23-21(10-17)31-16(3)36-23)32-26(33-27)18-8-9-35-22(11-18)19-12-28-34(13-19)20-5-6-20/h4,7,10,12-13,18,20,22H,5-6,8-9,11H2,1-3H3/t18-,22+/m1/s1. The van der Waals surface area contributed by atoms with Crippen molar-refractivity contribution in [1.82, 2.24) is 34.7 Å². The summed E-state index contributed by atoms with van der Waals surface area (Å²) in [7, 11) is 0. The van der Waals surface area contributed by atoms with Crippen LogP contribution in [-0.2, 0) is 4.74 Å². The average molecular weight is 498 g/mol. The van der Waals surface area contributed by atoms with E-state index in [2.05, 4.69) is 34.2 Å². The minimum Gasteiger partial charge on any atom is -0.373 e. The van der Waals surface area contributed by atoms with Gasteiger partial charge >= 0.3 is 0 Å². The third kappa shape index (κ3) is 3.87. The van der Waals surface area contributed by atoms with Gasteiger partial charge in [-0.3, -0.25) is 4.68 Å². The summed E-state index contributed by atoms with van der Waals surface area (Å²) in [5.41, 5.74) is 7.11. The highest BCUT2D eigenvalue weighted by Crippen LogP contribution is 2.40. The van der Waals surface area contributed by atoms with Gasteiger partial charge in [-0.15, -0.1) is 11.3 Å². The maximum Gasteiger partial charge on any atom is 0.182 e. The van der Waals surface area contributed by atoms with Crippen LogP contribution < -0.4 is 0 Å². The molecule has 0 amide bonds. The van der Waals surface area contributed by atoms with E-state index in [0.29, 0.717) is 18.3 Å². The zero-order valence-corrected chi connectivity index (χ0v) is 21.4. The van der Waals surface area contributed by atoms with E-state index in [4.69, 9.17) is 29.7 Å². The molecule has 0 N–H and O–H groups in total. The molecule has 5 heterocycles. The van der Waals surface area contributed by atoms with Crippen LogP contribution in [-0.4, -0.2) is 41.3 Å². The van der Waals surface area contributed by atoms with E-state index in [1.807, 2.05) is 27.0 Å². The van der Waals surface area contributed by atoms with Crippen molar-refractivity contribution in [3.8, 4) is 11.3 Å². The Bertz CT molecular complexity index is 1620. The number of aryl methyl sites for hydroxylation is 3. The molecule has 0 radical (unpaired) electrons. The first-order valence-corrected chi connectivity index (χ1v) is 13.4. The fourth-order valence-corrected chi connectivity index (χ4v) is 5.83. The van der Waals surface area contributed by atoms with E-state index >= 15 is 0 Å². The molecule has 1 aliphatic heterocycles. The van der Waals surface area contributed by atoms with Crippen molar-refractivity contribution >= 4 is 32.7 Å². The summed E-state index contributed by atoms with van der Waals surface area (Å²) in [5.74, 6) is 0.984. The predicted molar refractivity (Wildman–Crippen MR) is 139 cm³/mol. The number of benzene rings is 1. The topological polar surface area (TPSA) is 91.5 Å². The van der Waals surface area contributed by atoms with Gasteiger partial charge in [0.15, 0.2) is 5.65 Å². The molecule has 1 saturated heterocycles. The normalized spacial score (nSPS) is 20.4. The molecular formula is C27H27N7OS. The van der Waals surface area contributed by atoms with Gasteiger partial charge in [0.25, 0.3) is 0 Å². The zero-order valence-electron chi connectivity index (χ0n) is 20.6. The quantitative estimate of drug-likeness (QED) is 0.310. The number of hydrogen-bond donors (Lipinski definition) is 0. The van der Waals surface area contributed by atoms with Crippen LogP contribution in [0.25, 0.3) is 32.6 Å². The summed E-state index contributed by atoms with van der Waals surface area (Å²) in [6.45, 7) is 6.67. The van der Waals surface area contributed by atoms with Crippen LogP contribution in [0.15, 0.2) is 30.6 Å². The number of nitrogens with zero attached hydrogens (tertiary/aromatic N) is 7. The van der Waals surface area contributed by atoms with Crippen molar-refractivity contribution in [2.45, 2.75) is 64.5 Å². The number of fused-ring (bicyclic) bond motifs is 2. The van der Waals surface area contributed by atoms with Crippen LogP contribution in [0.1, 0.15) is 71.5 Å². The molecule has 2 fully saturated rings. The summed E-state index contributed by atoms with van der Waals surface area (Å²) >= 11 is 1.70. The van der Waals surface area contributed by atoms with Crippen molar-refractivity contribution in [2.75, 3.05) is 6.61 Å². The van der Waals surface area contributed by atoms with E-state index in [1.54, 1.807) is 11.3 Å². The third-order valence-corrected chi connectivity index (χ3v) is 8.24. The molecule has 8 nitrogen and oxygen atoms in total. The third-order valence-electron chi connectivity index (χ3n) is 7.29. The summed E-state index contributed by atoms with van der Waals surface area (Å²) in [6, 6.07) is 6.91. The molecule has 1 aliphatic carbocycles. The van der Waals surface area contributed by atoms with Gasteiger partial charge in [-0.05, 0) is 58.6 Å². The Morgan fingerprint density at radius 3 is 2.69 bits per heavy atom. The first-order chi connectivity index (χ1) is 17.5. The second-order valence-electron chi connectivity index (χ2n) is 9.98. The van der Waals surface area contributed by atoms with Crippen molar-refractivity contribution < 1.29 is 4.74 Å². The van der Waals surface area contributed by atoms with Crippen LogP contribution >= 0.6 is 11.3 Å². The summed E-state index contributed by atoms with van der Waals surface area (Å²) < 4.78 is 9.43. The van der Waals surface area contributed by atoms with Gasteiger partial charge in [-0.25, -0.2) is 24.9 Å². The maximum atomic E-state index is 6.17. The monoisotopic (exact) mass is 497 g/mol. The van der Waals surface area contributed by atoms with Gasteiger partial charge in [0.1, 0.15) is 17.0 Å². The first-order valence-electron chi connectivity index (χ1n) is 12.6. The summed E-state index contributed by atoms with van der Waals surface area (Å²) in [4.78, 5) is 24.5. The van der Waals surface area contributed by atoms with Gasteiger partial charge in [0, 0.05) is 29.8 Å². The second-order valence-corrected chi connectivity index (χ2v) is 11.2. The van der Waals surface area contributed by atoms with Crippen LogP contribution in [0.5, 0.6) is 0 Å². The minimum absolute atomic E-state index is 0.000772. The lowest BCUT2D eigenvalue weighted by molar-refractivity contribution is 0.00396. The fraction of sp³-hybridized carbons (Fsp3) is 0.407. The van der Waals surface area contributed by atoms with Crippen molar-refractivity contribution in [1.29, 1.82) is 0 Å². The van der Waals surface area contributed by atoms with E-state index in [-0.39, 0.29) is 12.0 Å². The molecule has 36 heavy (non-hydrogen) atoms. The molecule has 2 aliphatic rings. The molecule has 2 atom stereocenters. The minimum atomic E-state index is -0.000772. The van der Waals surface area contributed by atoms with E-state index in [0.717, 1.165) is 62.9 Å². The van der Waals surface area contributed by atoms with Crippen LogP contribution in [0.4, 0.5) is 0 Å². The van der Waals surface area contributed by atoms with Gasteiger partial charge in [-0.1, -0.05) is 6.07 Å². The van der Waals surface area contributed by atoms with Crippen LogP contribution in [0, 0.1) is 20.8 Å². The molecule has 7 rings (SSSR count). The Balaban J connectivity index is 1.30. The number of ether oxygens (including phenoxy) is 1. The lowest BCUT2D eigenvalue weighted by atomic mass is 9.92. The van der Waals surface area contributed by atoms with Crippen molar-refractivity contribution in [3.05, 3.63) is 58.4 Å². The SMILES string of the molecule is Cc1nc2cc(-c3nc([C@@H]4CCO[C@H](c5cnn(C6CC6)c5)C4)nc4nc(C)c(C)nc34)ccc2s1. The molecule has 1 aromatic carbocycles. The Morgan fingerprint density at radius 2 is 1.83 bits per heavy atom. The first kappa shape index (κ1) is 21.9. The Kier molecular flexibility index (Phi) is 5.11. The Morgan fingerprint density at radius 1 is 0.972 bits per heavy atom. The van der Waals surface area contributed by atoms with Crippen LogP contribution in [0.3, 0.4) is 0 Å². The van der Waals surface area contributed by atoms with E-state index in [9.17, 15) is 0 Å². The van der Waals surface area contributed by atoms with Crippen molar-refractivity contribution in [3.63, 3.8) is 0 Å². The summed E-state index contributed by atoms with van der Waals surface area (Å²) in [6.07, 6.45) is 8.25. The molecule has 0 spiro atoms. The lowest BCUT2D eigenvalue weighted by Crippen LogP contribution is -2.20. The predicted octanol–water partition coefficient (Wildman–Crippen LogP) is 5.79. The van der Waals surface area contributed by atoms with Gasteiger partial charge < -0.3 is 4.74 Å². The molecule has 0 unspecified atom stereocenters. The summed E-state index contributed by atoms with van der Waals surface area (Å²) in [5, 5.41) is 5.63. The molecular weight excluding hydrogens is 470 g/mol. The largest absolute Gasteiger partial charge is 0.373 e. The van der Waals surface area contributed by atoms with Crippen molar-refractivity contribution in [2.24, 2.45) is 0 Å². The van der Waals surface area contributed by atoms with E-state index < -0.39 is 0 Å². The Labute approximate surface area is 212 Å². The van der Waals surface area contributed by atoms with E-state index in [1.165, 1.54) is 17.5 Å². The second kappa shape index (κ2) is 8.38. The van der Waals surface area contributed by atoms with Gasteiger partial charge in [-0.2, -0.15) is 5.10 Å². The molecule has 1 saturated carbocycles. The zero-order chi connectivity index (χ0) is 24.4. The lowest BCUT2D eigenvalue weighted by Gasteiger charge is -2.28. The van der Waals surface area contributed by atoms with Gasteiger partial charge in [0.05, 0.1) is 45.0 Å². The Hall–Kier alpha value is -3.30. The van der Waals surface area contributed by atoms with Gasteiger partial charge in [0.2, 0.25) is 0 Å². The number of hydrogen-bond acceptors (Lipinski definition) is 8. The maximum absolute atomic E-state index is 6.17. The number of aromatic nitrogens is 7. The highest BCUT2D eigenvalue weighted by molar-refractivity contribution is 7.18. The number of thiazole rings is 1. The highest BCUT2D eigenvalue weighted by Gasteiger charge is 2.31. The fourth-order valence-electron chi connectivity index (χ4n) is 5.02. The molecule has 182 valence electrons. The molecule has 0 bridgehead atoms. The number of rotatable bonds is 4. The van der Waals surface area contributed by atoms with Crippen LogP contribution in [0.2, 0.25) is 0 Å². The molecule has 5 aromatic rings. The highest BCUT2D eigenvalue weighted by atomic mass is 32.1. The molecule has 9 heteroatoms. The smallest absolute Gasteiger partial charge is 0.182 e. The molecule has 4 aromatic heterocycles. The average Bonchev–Trinajstić information content (AvgIpc) is 3.48.